The molecule has 2 aromatic rings. The summed E-state index contributed by atoms with van der Waals surface area (Å²) in [6.07, 6.45) is 7.00. The lowest BCUT2D eigenvalue weighted by molar-refractivity contribution is 0.108. The van der Waals surface area contributed by atoms with Crippen molar-refractivity contribution in [1.82, 2.24) is 0 Å². The van der Waals surface area contributed by atoms with Crippen molar-refractivity contribution in [2.75, 3.05) is 0 Å². The molecule has 4 rings (SSSR count). The van der Waals surface area contributed by atoms with Gasteiger partial charge in [0.2, 0.25) is 12.2 Å². The van der Waals surface area contributed by atoms with Gasteiger partial charge >= 0.3 is 0 Å². The lowest BCUT2D eigenvalue weighted by Crippen LogP contribution is -2.39. The highest BCUT2D eigenvalue weighted by Gasteiger charge is 2.46. The van der Waals surface area contributed by atoms with Crippen molar-refractivity contribution in [3.8, 4) is 11.1 Å². The summed E-state index contributed by atoms with van der Waals surface area (Å²) in [5, 5.41) is 0. The van der Waals surface area contributed by atoms with Crippen LogP contribution < -0.4 is 0 Å². The summed E-state index contributed by atoms with van der Waals surface area (Å²) in [6.45, 7) is 6.69. The second-order valence-electron chi connectivity index (χ2n) is 9.15. The quantitative estimate of drug-likeness (QED) is 0.444. The molecule has 142 valence electrons. The van der Waals surface area contributed by atoms with Crippen LogP contribution in [-0.4, -0.2) is 12.2 Å². The molecule has 2 unspecified atom stereocenters. The minimum absolute atomic E-state index is 0.0558. The molecule has 0 saturated heterocycles. The molecule has 4 nitrogen and oxygen atoms in total. The molecular weight excluding hydrogens is 348 g/mol. The van der Waals surface area contributed by atoms with Crippen LogP contribution in [0.2, 0.25) is 0 Å². The molecule has 1 fully saturated rings. The Kier molecular flexibility index (Phi) is 4.42. The molecule has 0 amide bonds. The number of hydrogen-bond donors (Lipinski definition) is 0. The smallest absolute Gasteiger partial charge is 0.211 e. The second kappa shape index (κ2) is 6.67. The average Bonchev–Trinajstić information content (AvgIpc) is 2.98. The molecular formula is C24H24N2O2. The molecule has 0 spiro atoms. The molecule has 1 saturated carbocycles. The third-order valence-corrected chi connectivity index (χ3v) is 6.20. The number of isocyanates is 2. The van der Waals surface area contributed by atoms with E-state index in [0.717, 1.165) is 42.4 Å². The Hall–Kier alpha value is -2.80. The molecule has 0 aromatic heterocycles. The maximum atomic E-state index is 11.5. The van der Waals surface area contributed by atoms with Crippen molar-refractivity contribution in [1.29, 1.82) is 0 Å². The summed E-state index contributed by atoms with van der Waals surface area (Å²) in [5.41, 5.74) is 5.68. The van der Waals surface area contributed by atoms with Crippen molar-refractivity contribution in [2.24, 2.45) is 21.3 Å². The Bertz CT molecular complexity index is 1040. The number of nitrogens with zero attached hydrogens (tertiary/aromatic N) is 2. The van der Waals surface area contributed by atoms with E-state index in [0.29, 0.717) is 11.6 Å². The van der Waals surface area contributed by atoms with Crippen LogP contribution in [0.5, 0.6) is 0 Å². The number of carbonyl (C=O) groups excluding carboxylic acids is 2. The van der Waals surface area contributed by atoms with Gasteiger partial charge in [-0.05, 0) is 77.0 Å². The zero-order chi connectivity index (χ0) is 19.9. The Morgan fingerprint density at radius 1 is 1.04 bits per heavy atom. The van der Waals surface area contributed by atoms with Crippen LogP contribution in [0, 0.1) is 11.3 Å². The van der Waals surface area contributed by atoms with Gasteiger partial charge in [-0.3, -0.25) is 0 Å². The fourth-order valence-corrected chi connectivity index (χ4v) is 5.71. The minimum Gasteiger partial charge on any atom is -0.211 e. The predicted molar refractivity (Wildman–Crippen MR) is 109 cm³/mol. The van der Waals surface area contributed by atoms with E-state index in [9.17, 15) is 9.59 Å². The van der Waals surface area contributed by atoms with Crippen LogP contribution in [0.4, 0.5) is 5.69 Å². The van der Waals surface area contributed by atoms with Crippen molar-refractivity contribution in [2.45, 2.75) is 52.0 Å². The first kappa shape index (κ1) is 18.6. The largest absolute Gasteiger partial charge is 0.240 e. The molecule has 0 N–H and O–H groups in total. The number of fused-ring (bicyclic) bond motifs is 3. The molecule has 2 atom stereocenters. The number of benzene rings is 2. The van der Waals surface area contributed by atoms with E-state index >= 15 is 0 Å². The van der Waals surface area contributed by atoms with Crippen molar-refractivity contribution < 1.29 is 9.59 Å². The molecule has 0 bridgehead atoms. The highest BCUT2D eigenvalue weighted by atomic mass is 16.1. The molecule has 2 aliphatic rings. The molecule has 4 heteroatoms. The third-order valence-electron chi connectivity index (χ3n) is 6.20. The Morgan fingerprint density at radius 3 is 2.54 bits per heavy atom. The van der Waals surface area contributed by atoms with Crippen molar-refractivity contribution >= 4 is 17.8 Å². The predicted octanol–water partition coefficient (Wildman–Crippen LogP) is 5.60. The van der Waals surface area contributed by atoms with Crippen LogP contribution in [0.15, 0.2) is 46.4 Å². The first-order valence-corrected chi connectivity index (χ1v) is 9.80. The monoisotopic (exact) mass is 372 g/mol. The average molecular weight is 372 g/mol. The SMILES string of the molecule is CC1CC(C)(C)CC(N=C=O)(c2cc(N=C=O)cc3c2Cc2ccccc2-3)C1. The maximum Gasteiger partial charge on any atom is 0.240 e. The van der Waals surface area contributed by atoms with Gasteiger partial charge in [0.05, 0.1) is 11.2 Å². The highest BCUT2D eigenvalue weighted by molar-refractivity contribution is 5.81. The van der Waals surface area contributed by atoms with Gasteiger partial charge in [0.25, 0.3) is 0 Å². The molecule has 0 aliphatic heterocycles. The van der Waals surface area contributed by atoms with E-state index in [-0.39, 0.29) is 5.41 Å². The minimum atomic E-state index is -0.635. The molecule has 0 radical (unpaired) electrons. The molecule has 0 heterocycles. The van der Waals surface area contributed by atoms with Gasteiger partial charge in [0, 0.05) is 0 Å². The summed E-state index contributed by atoms with van der Waals surface area (Å²) in [5.74, 6) is 0.429. The van der Waals surface area contributed by atoms with Crippen LogP contribution in [0.1, 0.15) is 56.7 Å². The topological polar surface area (TPSA) is 58.9 Å². The number of hydrogen-bond acceptors (Lipinski definition) is 4. The van der Waals surface area contributed by atoms with Crippen LogP contribution >= 0.6 is 0 Å². The molecule has 2 aliphatic carbocycles. The highest BCUT2D eigenvalue weighted by Crippen LogP contribution is 2.54. The van der Waals surface area contributed by atoms with Gasteiger partial charge < -0.3 is 0 Å². The van der Waals surface area contributed by atoms with E-state index < -0.39 is 5.54 Å². The zero-order valence-corrected chi connectivity index (χ0v) is 16.6. The first-order chi connectivity index (χ1) is 13.4. The van der Waals surface area contributed by atoms with E-state index in [2.05, 4.69) is 42.9 Å². The normalized spacial score (nSPS) is 24.5. The Labute approximate surface area is 165 Å². The summed E-state index contributed by atoms with van der Waals surface area (Å²) < 4.78 is 0. The fraction of sp³-hybridized carbons (Fsp3) is 0.417. The van der Waals surface area contributed by atoms with E-state index in [4.69, 9.17) is 0 Å². The Morgan fingerprint density at radius 2 is 1.82 bits per heavy atom. The summed E-state index contributed by atoms with van der Waals surface area (Å²) >= 11 is 0. The summed E-state index contributed by atoms with van der Waals surface area (Å²) in [4.78, 5) is 30.9. The van der Waals surface area contributed by atoms with Crippen LogP contribution in [-0.2, 0) is 21.5 Å². The summed E-state index contributed by atoms with van der Waals surface area (Å²) in [6, 6.07) is 12.2. The van der Waals surface area contributed by atoms with Gasteiger partial charge in [0.1, 0.15) is 0 Å². The zero-order valence-electron chi connectivity index (χ0n) is 16.6. The van der Waals surface area contributed by atoms with Gasteiger partial charge in [-0.15, -0.1) is 0 Å². The number of aliphatic imine (C=N–C) groups is 2. The Balaban J connectivity index is 2.00. The lowest BCUT2D eigenvalue weighted by Gasteiger charge is -2.45. The van der Waals surface area contributed by atoms with Gasteiger partial charge in [-0.1, -0.05) is 45.0 Å². The van der Waals surface area contributed by atoms with Gasteiger partial charge in [0.15, 0.2) is 0 Å². The molecule has 2 aromatic carbocycles. The fourth-order valence-electron chi connectivity index (χ4n) is 5.71. The second-order valence-corrected chi connectivity index (χ2v) is 9.15. The van der Waals surface area contributed by atoms with E-state index in [1.807, 2.05) is 30.3 Å². The number of rotatable bonds is 3. The van der Waals surface area contributed by atoms with E-state index in [1.165, 1.54) is 11.1 Å². The standard InChI is InChI=1S/C24H24N2O2/c1-16-11-23(2,3)13-24(12-16,26-15-28)22-10-18(25-14-27)9-20-19-7-5-4-6-17(19)8-21(20)22/h4-7,9-10,16H,8,11-13H2,1-3H3. The van der Waals surface area contributed by atoms with Gasteiger partial charge in [-0.2, -0.15) is 9.98 Å². The van der Waals surface area contributed by atoms with Gasteiger partial charge in [-0.25, -0.2) is 9.59 Å². The van der Waals surface area contributed by atoms with Crippen LogP contribution in [0.3, 0.4) is 0 Å². The van der Waals surface area contributed by atoms with Crippen molar-refractivity contribution in [3.63, 3.8) is 0 Å². The van der Waals surface area contributed by atoms with Crippen LogP contribution in [0.25, 0.3) is 11.1 Å². The first-order valence-electron chi connectivity index (χ1n) is 9.80. The molecule has 28 heavy (non-hydrogen) atoms. The lowest BCUT2D eigenvalue weighted by atomic mass is 9.61. The third kappa shape index (κ3) is 3.05. The summed E-state index contributed by atoms with van der Waals surface area (Å²) in [7, 11) is 0. The maximum absolute atomic E-state index is 11.5. The van der Waals surface area contributed by atoms with Crippen molar-refractivity contribution in [3.05, 3.63) is 53.1 Å². The van der Waals surface area contributed by atoms with E-state index in [1.54, 1.807) is 6.08 Å².